The van der Waals surface area contributed by atoms with Crippen molar-refractivity contribution in [2.75, 3.05) is 19.8 Å². The van der Waals surface area contributed by atoms with Crippen LogP contribution in [-0.2, 0) is 6.42 Å². The first-order valence-corrected chi connectivity index (χ1v) is 10.9. The molecule has 0 radical (unpaired) electrons. The first kappa shape index (κ1) is 21.7. The van der Waals surface area contributed by atoms with Gasteiger partial charge in [0.05, 0.1) is 25.4 Å². The average Bonchev–Trinajstić information content (AvgIpc) is 2.75. The number of hydrogen-bond donors (Lipinski definition) is 3. The highest BCUT2D eigenvalue weighted by Crippen LogP contribution is 2.28. The average molecular weight is 416 g/mol. The Morgan fingerprint density at radius 2 is 1.83 bits per heavy atom. The van der Waals surface area contributed by atoms with Gasteiger partial charge in [-0.05, 0) is 55.2 Å². The Morgan fingerprint density at radius 3 is 2.55 bits per heavy atom. The Balaban J connectivity index is 1.86. The summed E-state index contributed by atoms with van der Waals surface area (Å²) in [5.74, 6) is 0.737. The topological polar surface area (TPSA) is 92.8 Å². The molecule has 6 heteroatoms. The molecular formula is C23H29NO4S. The van der Waals surface area contributed by atoms with Crippen LogP contribution in [0, 0.1) is 0 Å². The lowest BCUT2D eigenvalue weighted by Gasteiger charge is -2.24. The number of aryl methyl sites for hydroxylation is 1. The Labute approximate surface area is 174 Å². The van der Waals surface area contributed by atoms with Crippen molar-refractivity contribution in [1.29, 1.82) is 0 Å². The quantitative estimate of drug-likeness (QED) is 0.348. The van der Waals surface area contributed by atoms with Crippen molar-refractivity contribution >= 4 is 31.5 Å². The molecule has 1 aromatic heterocycles. The number of aliphatic hydroxyl groups excluding tert-OH is 2. The molecule has 29 heavy (non-hydrogen) atoms. The van der Waals surface area contributed by atoms with Gasteiger partial charge in [-0.1, -0.05) is 25.8 Å². The van der Waals surface area contributed by atoms with Crippen LogP contribution in [0.15, 0.2) is 41.2 Å². The van der Waals surface area contributed by atoms with Crippen molar-refractivity contribution in [2.45, 2.75) is 44.6 Å². The highest BCUT2D eigenvalue weighted by Gasteiger charge is 2.22. The van der Waals surface area contributed by atoms with E-state index in [-0.39, 0.29) is 18.6 Å². The summed E-state index contributed by atoms with van der Waals surface area (Å²) in [4.78, 5) is 13.0. The Kier molecular flexibility index (Phi) is 7.24. The van der Waals surface area contributed by atoms with Crippen LogP contribution in [0.1, 0.15) is 38.2 Å². The fourth-order valence-corrected chi connectivity index (χ4v) is 4.38. The molecular weight excluding hydrogens is 386 g/mol. The first-order chi connectivity index (χ1) is 14.0. The molecule has 0 saturated carbocycles. The van der Waals surface area contributed by atoms with Crippen LogP contribution < -0.4 is 15.9 Å². The lowest BCUT2D eigenvalue weighted by atomic mass is 9.94. The summed E-state index contributed by atoms with van der Waals surface area (Å²) < 4.78 is 7.65. The van der Waals surface area contributed by atoms with Crippen LogP contribution in [-0.4, -0.2) is 35.6 Å². The summed E-state index contributed by atoms with van der Waals surface area (Å²) in [5.41, 5.74) is 6.01. The van der Waals surface area contributed by atoms with Crippen LogP contribution in [0.5, 0.6) is 5.75 Å². The summed E-state index contributed by atoms with van der Waals surface area (Å²) in [5, 5.41) is 20.1. The lowest BCUT2D eigenvalue weighted by molar-refractivity contribution is 0.115. The van der Waals surface area contributed by atoms with E-state index in [0.29, 0.717) is 30.2 Å². The number of ether oxygens (including phenoxy) is 1. The van der Waals surface area contributed by atoms with E-state index in [9.17, 15) is 15.0 Å². The molecule has 0 spiro atoms. The molecule has 3 rings (SSSR count). The van der Waals surface area contributed by atoms with Gasteiger partial charge in [-0.15, -0.1) is 11.3 Å². The summed E-state index contributed by atoms with van der Waals surface area (Å²) >= 11 is 1.58. The number of benzene rings is 2. The smallest absolute Gasteiger partial charge is 0.196 e. The minimum absolute atomic E-state index is 0.0122. The van der Waals surface area contributed by atoms with Crippen LogP contribution in [0.4, 0.5) is 0 Å². The van der Waals surface area contributed by atoms with Gasteiger partial charge in [-0.3, -0.25) is 4.79 Å². The SMILES string of the molecule is CCCCCOc1ccc2sc3cc(CCC(N)(CO)CO)ccc3c(=O)c2c1. The molecule has 1 heterocycles. The standard InChI is InChI=1S/C23H29NO4S/c1-2-3-4-11-28-17-6-8-20-19(13-17)22(27)18-7-5-16(12-21(18)29-20)9-10-23(24,14-25)15-26/h5-8,12-13,25-26H,2-4,9-11,14-15,24H2,1H3. The Bertz CT molecular complexity index is 1030. The second-order valence-corrected chi connectivity index (χ2v) is 8.74. The summed E-state index contributed by atoms with van der Waals surface area (Å²) in [7, 11) is 0. The second-order valence-electron chi connectivity index (χ2n) is 7.65. The molecule has 0 fully saturated rings. The van der Waals surface area contributed by atoms with Crippen molar-refractivity contribution < 1.29 is 14.9 Å². The number of nitrogens with two attached hydrogens (primary N) is 1. The maximum atomic E-state index is 13.0. The van der Waals surface area contributed by atoms with Gasteiger partial charge in [-0.25, -0.2) is 0 Å². The van der Waals surface area contributed by atoms with Crippen molar-refractivity contribution in [3.63, 3.8) is 0 Å². The third-order valence-electron chi connectivity index (χ3n) is 5.26. The minimum Gasteiger partial charge on any atom is -0.494 e. The van der Waals surface area contributed by atoms with Gasteiger partial charge in [0.25, 0.3) is 0 Å². The molecule has 0 aliphatic rings. The normalized spacial score (nSPS) is 12.0. The van der Waals surface area contributed by atoms with Gasteiger partial charge >= 0.3 is 0 Å². The number of hydrogen-bond acceptors (Lipinski definition) is 6. The molecule has 0 unspecified atom stereocenters. The summed E-state index contributed by atoms with van der Waals surface area (Å²) in [6.45, 7) is 2.29. The van der Waals surface area contributed by atoms with E-state index < -0.39 is 5.54 Å². The molecule has 0 atom stereocenters. The minimum atomic E-state index is -0.987. The largest absolute Gasteiger partial charge is 0.494 e. The number of fused-ring (bicyclic) bond motifs is 2. The van der Waals surface area contributed by atoms with Gasteiger partial charge in [0.1, 0.15) is 5.75 Å². The molecule has 0 bridgehead atoms. The van der Waals surface area contributed by atoms with Gasteiger partial charge < -0.3 is 20.7 Å². The molecule has 156 valence electrons. The van der Waals surface area contributed by atoms with Crippen LogP contribution in [0.3, 0.4) is 0 Å². The van der Waals surface area contributed by atoms with E-state index in [0.717, 1.165) is 40.0 Å². The maximum Gasteiger partial charge on any atom is 0.196 e. The fraction of sp³-hybridized carbons (Fsp3) is 0.435. The first-order valence-electron chi connectivity index (χ1n) is 10.1. The van der Waals surface area contributed by atoms with Crippen LogP contribution in [0.2, 0.25) is 0 Å². The number of aliphatic hydroxyl groups is 2. The molecule has 4 N–H and O–H groups in total. The maximum absolute atomic E-state index is 13.0. The van der Waals surface area contributed by atoms with Crippen molar-refractivity contribution in [3.8, 4) is 5.75 Å². The van der Waals surface area contributed by atoms with E-state index in [1.165, 1.54) is 0 Å². The third-order valence-corrected chi connectivity index (χ3v) is 6.40. The zero-order chi connectivity index (χ0) is 20.9. The highest BCUT2D eigenvalue weighted by atomic mass is 32.1. The molecule has 0 saturated heterocycles. The summed E-state index contributed by atoms with van der Waals surface area (Å²) in [6.07, 6.45) is 4.38. The van der Waals surface area contributed by atoms with Gasteiger partial charge in [0, 0.05) is 20.2 Å². The summed E-state index contributed by atoms with van der Waals surface area (Å²) in [6, 6.07) is 11.5. The van der Waals surface area contributed by atoms with Crippen molar-refractivity contribution in [1.82, 2.24) is 0 Å². The Hall–Kier alpha value is -1.99. The monoisotopic (exact) mass is 415 g/mol. The van der Waals surface area contributed by atoms with Crippen molar-refractivity contribution in [3.05, 3.63) is 52.2 Å². The Morgan fingerprint density at radius 1 is 1.03 bits per heavy atom. The highest BCUT2D eigenvalue weighted by molar-refractivity contribution is 7.24. The van der Waals surface area contributed by atoms with E-state index in [2.05, 4.69) is 6.92 Å². The predicted molar refractivity (Wildman–Crippen MR) is 120 cm³/mol. The van der Waals surface area contributed by atoms with Crippen molar-refractivity contribution in [2.24, 2.45) is 5.73 Å². The molecule has 5 nitrogen and oxygen atoms in total. The number of rotatable bonds is 10. The zero-order valence-corrected chi connectivity index (χ0v) is 17.6. The molecule has 0 amide bonds. The second kappa shape index (κ2) is 9.67. The van der Waals surface area contributed by atoms with E-state index >= 15 is 0 Å². The van der Waals surface area contributed by atoms with E-state index in [1.54, 1.807) is 11.3 Å². The number of unbranched alkanes of at least 4 members (excludes halogenated alkanes) is 2. The predicted octanol–water partition coefficient (Wildman–Crippen LogP) is 3.60. The van der Waals surface area contributed by atoms with Gasteiger partial charge in [0.2, 0.25) is 0 Å². The molecule has 0 aliphatic heterocycles. The van der Waals surface area contributed by atoms with Gasteiger partial charge in [-0.2, -0.15) is 0 Å². The van der Waals surface area contributed by atoms with E-state index in [1.807, 2.05) is 36.4 Å². The van der Waals surface area contributed by atoms with Crippen LogP contribution >= 0.6 is 11.3 Å². The van der Waals surface area contributed by atoms with Crippen LogP contribution in [0.25, 0.3) is 20.2 Å². The lowest BCUT2D eigenvalue weighted by Crippen LogP contribution is -2.47. The van der Waals surface area contributed by atoms with Gasteiger partial charge in [0.15, 0.2) is 5.43 Å². The van der Waals surface area contributed by atoms with E-state index in [4.69, 9.17) is 10.5 Å². The zero-order valence-electron chi connectivity index (χ0n) is 16.8. The molecule has 3 aromatic rings. The molecule has 0 aliphatic carbocycles. The fourth-order valence-electron chi connectivity index (χ4n) is 3.27. The molecule has 2 aromatic carbocycles. The third kappa shape index (κ3) is 5.14.